The van der Waals surface area contributed by atoms with Crippen LogP contribution in [0.15, 0.2) is 58.5 Å². The number of pyridine rings is 1. The number of H-pyrrole nitrogens is 1. The van der Waals surface area contributed by atoms with Crippen molar-refractivity contribution < 1.29 is 27.5 Å². The van der Waals surface area contributed by atoms with Crippen molar-refractivity contribution in [2.45, 2.75) is 53.7 Å². The quantitative estimate of drug-likeness (QED) is 0.205. The van der Waals surface area contributed by atoms with Gasteiger partial charge in [0.1, 0.15) is 10.5 Å². The highest BCUT2D eigenvalue weighted by atomic mass is 35.5. The number of ether oxygens (including phenoxy) is 1. The molecule has 15 heteroatoms. The number of nitrogens with zero attached hydrogens (tertiary/aromatic N) is 4. The molecular formula is C32H31Cl2F3N6O3S. The van der Waals surface area contributed by atoms with Crippen LogP contribution < -0.4 is 10.2 Å². The first-order valence-corrected chi connectivity index (χ1v) is 16.6. The van der Waals surface area contributed by atoms with E-state index in [4.69, 9.17) is 27.9 Å². The summed E-state index contributed by atoms with van der Waals surface area (Å²) in [6.45, 7) is 2.07. The molecule has 47 heavy (non-hydrogen) atoms. The molecule has 2 fully saturated rings. The molecule has 4 heterocycles. The molecule has 0 atom stereocenters. The number of alkyl halides is 3. The molecular weight excluding hydrogens is 676 g/mol. The fourth-order valence-corrected chi connectivity index (χ4v) is 7.54. The summed E-state index contributed by atoms with van der Waals surface area (Å²) in [5.41, 5.74) is 1.48. The monoisotopic (exact) mass is 706 g/mol. The standard InChI is InChI=1S/C32H31Cl2F3N6O3S/c1-42-10-6-18(7-11-42)19-2-3-24(26(14-19)43(31(45)32(35,36)37)22-8-12-46-13-9-22)30(44)39-29-28-25(40-41-29)4-5-27(38-28)47-23-16-20(33)15-21(34)17-23/h2-5,14-18,22H,6-13H2,1H3,(H2,39,40,41,44). The number of rotatable bonds is 7. The van der Waals surface area contributed by atoms with Crippen molar-refractivity contribution in [2.24, 2.45) is 0 Å². The fourth-order valence-electron chi connectivity index (χ4n) is 6.00. The number of aromatic amines is 1. The molecule has 0 radical (unpaired) electrons. The molecule has 0 unspecified atom stereocenters. The normalized spacial score (nSPS) is 16.8. The number of hydrogen-bond acceptors (Lipinski definition) is 7. The van der Waals surface area contributed by atoms with Crippen LogP contribution in [0.3, 0.4) is 0 Å². The van der Waals surface area contributed by atoms with Gasteiger partial charge < -0.3 is 19.9 Å². The Balaban J connectivity index is 1.36. The second kappa shape index (κ2) is 14.0. The second-order valence-electron chi connectivity index (χ2n) is 11.6. The number of nitrogens with one attached hydrogen (secondary N) is 2. The van der Waals surface area contributed by atoms with Gasteiger partial charge in [-0.1, -0.05) is 41.0 Å². The van der Waals surface area contributed by atoms with Crippen LogP contribution in [-0.4, -0.2) is 77.5 Å². The van der Waals surface area contributed by atoms with Crippen LogP contribution in [-0.2, 0) is 9.53 Å². The van der Waals surface area contributed by atoms with Crippen molar-refractivity contribution in [3.63, 3.8) is 0 Å². The second-order valence-corrected chi connectivity index (χ2v) is 13.6. The van der Waals surface area contributed by atoms with E-state index in [1.165, 1.54) is 17.8 Å². The van der Waals surface area contributed by atoms with Crippen molar-refractivity contribution in [1.29, 1.82) is 0 Å². The van der Waals surface area contributed by atoms with Gasteiger partial charge in [0.15, 0.2) is 5.82 Å². The SMILES string of the molecule is CN1CCC(c2ccc(C(=O)Nc3n[nH]c4ccc(Sc5cc(Cl)cc(Cl)c5)nc34)c(N(C(=O)C(F)(F)F)C3CCOCC3)c2)CC1. The van der Waals surface area contributed by atoms with Crippen molar-refractivity contribution in [1.82, 2.24) is 20.1 Å². The largest absolute Gasteiger partial charge is 0.471 e. The molecule has 0 bridgehead atoms. The molecule has 2 aromatic carbocycles. The Morgan fingerprint density at radius 3 is 2.40 bits per heavy atom. The maximum atomic E-state index is 14.1. The molecule has 9 nitrogen and oxygen atoms in total. The zero-order valence-corrected chi connectivity index (χ0v) is 27.6. The van der Waals surface area contributed by atoms with Gasteiger partial charge in [0.25, 0.3) is 5.91 Å². The number of fused-ring (bicyclic) bond motifs is 1. The Kier molecular flexibility index (Phi) is 10.00. The molecule has 2 aromatic heterocycles. The summed E-state index contributed by atoms with van der Waals surface area (Å²) < 4.78 is 47.8. The molecule has 0 saturated carbocycles. The number of anilines is 2. The van der Waals surface area contributed by atoms with Gasteiger partial charge in [-0.3, -0.25) is 14.7 Å². The molecule has 2 saturated heterocycles. The van der Waals surface area contributed by atoms with Gasteiger partial charge >= 0.3 is 12.1 Å². The molecule has 248 valence electrons. The van der Waals surface area contributed by atoms with Crippen molar-refractivity contribution >= 4 is 69.3 Å². The maximum absolute atomic E-state index is 14.1. The van der Waals surface area contributed by atoms with E-state index in [1.807, 2.05) is 7.05 Å². The van der Waals surface area contributed by atoms with E-state index in [0.29, 0.717) is 26.1 Å². The lowest BCUT2D eigenvalue weighted by molar-refractivity contribution is -0.171. The minimum Gasteiger partial charge on any atom is -0.381 e. The zero-order valence-electron chi connectivity index (χ0n) is 25.2. The summed E-state index contributed by atoms with van der Waals surface area (Å²) in [4.78, 5) is 35.3. The molecule has 2 amide bonds. The number of benzene rings is 2. The van der Waals surface area contributed by atoms with Gasteiger partial charge in [0.2, 0.25) is 0 Å². The lowest BCUT2D eigenvalue weighted by Gasteiger charge is -2.36. The Morgan fingerprint density at radius 1 is 1.02 bits per heavy atom. The van der Waals surface area contributed by atoms with Gasteiger partial charge in [-0.15, -0.1) is 0 Å². The highest BCUT2D eigenvalue weighted by molar-refractivity contribution is 7.99. The number of hydrogen-bond donors (Lipinski definition) is 2. The van der Waals surface area contributed by atoms with Crippen LogP contribution in [0.2, 0.25) is 10.0 Å². The molecule has 2 N–H and O–H groups in total. The number of aromatic nitrogens is 3. The first-order chi connectivity index (χ1) is 22.5. The van der Waals surface area contributed by atoms with Gasteiger partial charge in [0, 0.05) is 34.2 Å². The first kappa shape index (κ1) is 33.5. The van der Waals surface area contributed by atoms with Gasteiger partial charge in [-0.2, -0.15) is 18.3 Å². The minimum absolute atomic E-state index is 0.0735. The van der Waals surface area contributed by atoms with E-state index in [-0.39, 0.29) is 49.0 Å². The highest BCUT2D eigenvalue weighted by Crippen LogP contribution is 2.37. The summed E-state index contributed by atoms with van der Waals surface area (Å²) >= 11 is 13.6. The Bertz CT molecular complexity index is 1770. The van der Waals surface area contributed by atoms with Gasteiger partial charge in [-0.05, 0) is 99.8 Å². The zero-order chi connectivity index (χ0) is 33.3. The summed E-state index contributed by atoms with van der Waals surface area (Å²) in [5.74, 6) is -2.59. The number of amides is 2. The predicted molar refractivity (Wildman–Crippen MR) is 176 cm³/mol. The molecule has 2 aliphatic heterocycles. The third kappa shape index (κ3) is 7.70. The van der Waals surface area contributed by atoms with Crippen LogP contribution in [0.5, 0.6) is 0 Å². The summed E-state index contributed by atoms with van der Waals surface area (Å²) in [6.07, 6.45) is -3.14. The van der Waals surface area contributed by atoms with Crippen LogP contribution in [0, 0.1) is 0 Å². The topological polar surface area (TPSA) is 103 Å². The van der Waals surface area contributed by atoms with Crippen LogP contribution >= 0.6 is 35.0 Å². The maximum Gasteiger partial charge on any atom is 0.471 e. The third-order valence-corrected chi connectivity index (χ3v) is 9.75. The van der Waals surface area contributed by atoms with E-state index < -0.39 is 24.0 Å². The van der Waals surface area contributed by atoms with E-state index in [9.17, 15) is 22.8 Å². The smallest absolute Gasteiger partial charge is 0.381 e. The van der Waals surface area contributed by atoms with Crippen molar-refractivity contribution in [2.75, 3.05) is 43.6 Å². The average molecular weight is 708 g/mol. The van der Waals surface area contributed by atoms with Crippen molar-refractivity contribution in [3.8, 4) is 0 Å². The predicted octanol–water partition coefficient (Wildman–Crippen LogP) is 7.55. The van der Waals surface area contributed by atoms with E-state index in [2.05, 4.69) is 25.4 Å². The lowest BCUT2D eigenvalue weighted by Crippen LogP contribution is -2.50. The molecule has 0 aliphatic carbocycles. The van der Waals surface area contributed by atoms with E-state index in [1.54, 1.807) is 42.5 Å². The van der Waals surface area contributed by atoms with Crippen LogP contribution in [0.4, 0.5) is 24.7 Å². The highest BCUT2D eigenvalue weighted by Gasteiger charge is 2.46. The van der Waals surface area contributed by atoms with Crippen LogP contribution in [0.25, 0.3) is 11.0 Å². The number of likely N-dealkylation sites (tertiary alicyclic amines) is 1. The first-order valence-electron chi connectivity index (χ1n) is 15.1. The summed E-state index contributed by atoms with van der Waals surface area (Å²) in [7, 11) is 2.02. The van der Waals surface area contributed by atoms with E-state index in [0.717, 1.165) is 41.3 Å². The fraction of sp³-hybridized carbons (Fsp3) is 0.375. The lowest BCUT2D eigenvalue weighted by atomic mass is 9.88. The Labute approximate surface area is 283 Å². The van der Waals surface area contributed by atoms with Crippen LogP contribution in [0.1, 0.15) is 47.5 Å². The number of piperidine rings is 1. The van der Waals surface area contributed by atoms with Gasteiger partial charge in [0.05, 0.1) is 16.8 Å². The molecule has 4 aromatic rings. The average Bonchev–Trinajstić information content (AvgIpc) is 3.42. The molecule has 0 spiro atoms. The minimum atomic E-state index is -5.15. The number of carbonyl (C=O) groups excluding carboxylic acids is 2. The Hall–Kier alpha value is -3.36. The van der Waals surface area contributed by atoms with Crippen molar-refractivity contribution in [3.05, 3.63) is 69.7 Å². The third-order valence-electron chi connectivity index (χ3n) is 8.41. The van der Waals surface area contributed by atoms with E-state index >= 15 is 0 Å². The number of halogens is 5. The summed E-state index contributed by atoms with van der Waals surface area (Å²) in [5, 5.41) is 11.3. The number of carbonyl (C=O) groups is 2. The van der Waals surface area contributed by atoms with Gasteiger partial charge in [-0.25, -0.2) is 4.98 Å². The summed E-state index contributed by atoms with van der Waals surface area (Å²) in [6, 6.07) is 12.7. The molecule has 6 rings (SSSR count). The Morgan fingerprint density at radius 2 is 1.72 bits per heavy atom. The molecule has 2 aliphatic rings.